The topological polar surface area (TPSA) is 106 Å². The SMILES string of the molecule is Cc1ccc(CC(=O)C[C@H](CCC(=O)O)c2noc(-c3cc(C(F)(F)C(C)C)on3)c2C2CC2)c(Cl)c1. The van der Waals surface area contributed by atoms with Crippen molar-refractivity contribution in [2.75, 3.05) is 0 Å². The van der Waals surface area contributed by atoms with Crippen molar-refractivity contribution in [2.45, 2.75) is 77.1 Å². The van der Waals surface area contributed by atoms with Crippen LogP contribution < -0.4 is 0 Å². The number of carboxylic acid groups (broad SMARTS) is 1. The van der Waals surface area contributed by atoms with Gasteiger partial charge in [0, 0.05) is 47.8 Å². The number of hydrogen-bond acceptors (Lipinski definition) is 6. The molecule has 4 rings (SSSR count). The Hall–Kier alpha value is -3.07. The summed E-state index contributed by atoms with van der Waals surface area (Å²) in [5.74, 6) is -6.11. The van der Waals surface area contributed by atoms with E-state index in [-0.39, 0.29) is 48.8 Å². The summed E-state index contributed by atoms with van der Waals surface area (Å²) in [6.07, 6.45) is 1.83. The van der Waals surface area contributed by atoms with Crippen LogP contribution in [0.3, 0.4) is 0 Å². The molecule has 2 aromatic heterocycles. The van der Waals surface area contributed by atoms with Crippen LogP contribution in [0.2, 0.25) is 5.02 Å². The maximum atomic E-state index is 14.5. The average Bonchev–Trinajstić information content (AvgIpc) is 3.36. The van der Waals surface area contributed by atoms with E-state index < -0.39 is 29.5 Å². The van der Waals surface area contributed by atoms with Gasteiger partial charge in [0.2, 0.25) is 5.76 Å². The number of aliphatic carboxylic acids is 1. The standard InChI is InChI=1S/C27H29ClF2N2O5/c1-14(2)27(29,30)22-13-21(31-36-22)26-24(16-6-7-16)25(32-37-26)18(8-9-23(34)35)12-19(33)11-17-5-4-15(3)10-20(17)28/h4-5,10,13-14,16,18H,6-9,11-12H2,1-3H3,(H,34,35)/t18-/m0/s1. The smallest absolute Gasteiger partial charge is 0.309 e. The van der Waals surface area contributed by atoms with Crippen LogP contribution in [0.1, 0.15) is 85.9 Å². The number of nitrogens with zero attached hydrogens (tertiary/aromatic N) is 2. The first-order valence-corrected chi connectivity index (χ1v) is 12.7. The Labute approximate surface area is 218 Å². The number of rotatable bonds is 12. The lowest BCUT2D eigenvalue weighted by atomic mass is 9.87. The van der Waals surface area contributed by atoms with E-state index in [4.69, 9.17) is 20.6 Å². The molecule has 1 aliphatic carbocycles. The molecule has 10 heteroatoms. The van der Waals surface area contributed by atoms with Crippen molar-refractivity contribution < 1.29 is 32.5 Å². The first-order chi connectivity index (χ1) is 17.5. The minimum absolute atomic E-state index is 0.0403. The Bertz CT molecular complexity index is 1300. The molecule has 3 aromatic rings. The van der Waals surface area contributed by atoms with Crippen molar-refractivity contribution in [3.05, 3.63) is 57.4 Å². The third-order valence-electron chi connectivity index (χ3n) is 6.70. The van der Waals surface area contributed by atoms with Crippen LogP contribution in [0.15, 0.2) is 33.3 Å². The van der Waals surface area contributed by atoms with Gasteiger partial charge in [0.25, 0.3) is 0 Å². The number of alkyl halides is 2. The van der Waals surface area contributed by atoms with Gasteiger partial charge in [-0.15, -0.1) is 0 Å². The molecular weight excluding hydrogens is 506 g/mol. The van der Waals surface area contributed by atoms with Gasteiger partial charge in [-0.3, -0.25) is 9.59 Å². The highest BCUT2D eigenvalue weighted by atomic mass is 35.5. The number of carboxylic acids is 1. The fraction of sp³-hybridized carbons (Fsp3) is 0.481. The summed E-state index contributed by atoms with van der Waals surface area (Å²) in [6.45, 7) is 4.68. The molecule has 1 atom stereocenters. The Morgan fingerprint density at radius 1 is 1.19 bits per heavy atom. The maximum Gasteiger partial charge on any atom is 0.309 e. The van der Waals surface area contributed by atoms with Gasteiger partial charge in [0.1, 0.15) is 5.78 Å². The van der Waals surface area contributed by atoms with Crippen LogP contribution in [0.5, 0.6) is 0 Å². The van der Waals surface area contributed by atoms with Crippen molar-refractivity contribution in [1.29, 1.82) is 0 Å². The molecule has 0 aliphatic heterocycles. The lowest BCUT2D eigenvalue weighted by molar-refractivity contribution is -0.137. The van der Waals surface area contributed by atoms with E-state index in [1.54, 1.807) is 12.1 Å². The van der Waals surface area contributed by atoms with Crippen LogP contribution >= 0.6 is 11.6 Å². The van der Waals surface area contributed by atoms with Crippen molar-refractivity contribution in [3.8, 4) is 11.5 Å². The fourth-order valence-electron chi connectivity index (χ4n) is 4.37. The second kappa shape index (κ2) is 10.7. The highest BCUT2D eigenvalue weighted by Gasteiger charge is 2.42. The number of aryl methyl sites for hydroxylation is 1. The number of hydrogen-bond donors (Lipinski definition) is 1. The molecule has 0 radical (unpaired) electrons. The summed E-state index contributed by atoms with van der Waals surface area (Å²) in [6, 6.07) is 6.63. The summed E-state index contributed by atoms with van der Waals surface area (Å²) in [5.41, 5.74) is 2.93. The third-order valence-corrected chi connectivity index (χ3v) is 7.05. The maximum absolute atomic E-state index is 14.5. The second-order valence-corrected chi connectivity index (χ2v) is 10.5. The first-order valence-electron chi connectivity index (χ1n) is 12.3. The largest absolute Gasteiger partial charge is 0.481 e. The minimum Gasteiger partial charge on any atom is -0.481 e. The minimum atomic E-state index is -3.21. The Balaban J connectivity index is 1.63. The highest BCUT2D eigenvalue weighted by Crippen LogP contribution is 2.49. The summed E-state index contributed by atoms with van der Waals surface area (Å²) < 4.78 is 39.5. The lowest BCUT2D eigenvalue weighted by Gasteiger charge is -2.16. The van der Waals surface area contributed by atoms with Gasteiger partial charge in [-0.25, -0.2) is 0 Å². The van der Waals surface area contributed by atoms with Gasteiger partial charge in [-0.05, 0) is 49.3 Å². The zero-order valence-corrected chi connectivity index (χ0v) is 21.6. The molecule has 1 fully saturated rings. The molecule has 2 heterocycles. The zero-order valence-electron chi connectivity index (χ0n) is 20.9. The molecule has 0 spiro atoms. The number of aromatic nitrogens is 2. The second-order valence-electron chi connectivity index (χ2n) is 10.1. The van der Waals surface area contributed by atoms with Crippen molar-refractivity contribution >= 4 is 23.4 Å². The molecule has 1 N–H and O–H groups in total. The molecule has 198 valence electrons. The number of halogens is 3. The van der Waals surface area contributed by atoms with E-state index in [2.05, 4.69) is 10.3 Å². The number of benzene rings is 1. The predicted molar refractivity (Wildman–Crippen MR) is 132 cm³/mol. The number of carbonyl (C=O) groups is 2. The van der Waals surface area contributed by atoms with Crippen LogP contribution in [0, 0.1) is 12.8 Å². The predicted octanol–water partition coefficient (Wildman–Crippen LogP) is 7.07. The fourth-order valence-corrected chi connectivity index (χ4v) is 4.67. The van der Waals surface area contributed by atoms with Crippen molar-refractivity contribution in [1.82, 2.24) is 10.3 Å². The van der Waals surface area contributed by atoms with Crippen LogP contribution in [0.4, 0.5) is 8.78 Å². The van der Waals surface area contributed by atoms with Gasteiger partial charge < -0.3 is 14.2 Å². The summed E-state index contributed by atoms with van der Waals surface area (Å²) in [5, 5.41) is 17.8. The molecule has 1 saturated carbocycles. The van der Waals surface area contributed by atoms with E-state index in [0.717, 1.165) is 24.5 Å². The quantitative estimate of drug-likeness (QED) is 0.265. The number of ketones is 1. The van der Waals surface area contributed by atoms with Gasteiger partial charge in [0.15, 0.2) is 11.5 Å². The average molecular weight is 535 g/mol. The molecule has 37 heavy (non-hydrogen) atoms. The van der Waals surface area contributed by atoms with Crippen LogP contribution in [-0.2, 0) is 21.9 Å². The lowest BCUT2D eigenvalue weighted by Crippen LogP contribution is -2.19. The van der Waals surface area contributed by atoms with E-state index in [1.807, 2.05) is 13.0 Å². The Morgan fingerprint density at radius 2 is 1.92 bits per heavy atom. The third kappa shape index (κ3) is 6.09. The van der Waals surface area contributed by atoms with E-state index in [1.165, 1.54) is 13.8 Å². The van der Waals surface area contributed by atoms with Gasteiger partial charge >= 0.3 is 11.9 Å². The summed E-state index contributed by atoms with van der Waals surface area (Å²) in [7, 11) is 0. The number of Topliss-reactive ketones (excluding diaryl/α,β-unsaturated/α-hetero) is 1. The molecule has 0 saturated heterocycles. The van der Waals surface area contributed by atoms with Crippen molar-refractivity contribution in [3.63, 3.8) is 0 Å². The molecular formula is C27H29ClF2N2O5. The first kappa shape index (κ1) is 27.0. The molecule has 0 amide bonds. The highest BCUT2D eigenvalue weighted by molar-refractivity contribution is 6.31. The van der Waals surface area contributed by atoms with Crippen LogP contribution in [-0.4, -0.2) is 27.2 Å². The number of carbonyl (C=O) groups excluding carboxylic acids is 1. The molecule has 1 aliphatic rings. The summed E-state index contributed by atoms with van der Waals surface area (Å²) >= 11 is 6.30. The Morgan fingerprint density at radius 3 is 2.54 bits per heavy atom. The normalized spacial score (nSPS) is 14.8. The molecule has 1 aromatic carbocycles. The van der Waals surface area contributed by atoms with Crippen LogP contribution in [0.25, 0.3) is 11.5 Å². The molecule has 0 unspecified atom stereocenters. The van der Waals surface area contributed by atoms with Gasteiger partial charge in [-0.1, -0.05) is 47.9 Å². The van der Waals surface area contributed by atoms with Gasteiger partial charge in [-0.2, -0.15) is 8.78 Å². The van der Waals surface area contributed by atoms with Crippen molar-refractivity contribution in [2.24, 2.45) is 5.92 Å². The van der Waals surface area contributed by atoms with E-state index in [9.17, 15) is 23.5 Å². The van der Waals surface area contributed by atoms with E-state index >= 15 is 0 Å². The molecule has 0 bridgehead atoms. The zero-order chi connectivity index (χ0) is 26.9. The Kier molecular flexibility index (Phi) is 7.83. The summed E-state index contributed by atoms with van der Waals surface area (Å²) in [4.78, 5) is 24.4. The molecule has 7 nitrogen and oxygen atoms in total. The van der Waals surface area contributed by atoms with Gasteiger partial charge in [0.05, 0.1) is 5.69 Å². The monoisotopic (exact) mass is 534 g/mol. The van der Waals surface area contributed by atoms with E-state index in [0.29, 0.717) is 21.8 Å².